The summed E-state index contributed by atoms with van der Waals surface area (Å²) in [7, 11) is -3.98. The van der Waals surface area contributed by atoms with Gasteiger partial charge in [0.25, 0.3) is 15.9 Å². The minimum absolute atomic E-state index is 0.196. The highest BCUT2D eigenvalue weighted by Gasteiger charge is 2.42. The summed E-state index contributed by atoms with van der Waals surface area (Å²) in [6, 6.07) is 7.31. The van der Waals surface area contributed by atoms with Gasteiger partial charge in [-0.3, -0.25) is 9.59 Å². The van der Waals surface area contributed by atoms with Crippen molar-refractivity contribution in [2.24, 2.45) is 11.8 Å². The van der Waals surface area contributed by atoms with E-state index in [2.05, 4.69) is 15.0 Å². The fraction of sp³-hybridized carbons (Fsp3) is 0.519. The van der Waals surface area contributed by atoms with Gasteiger partial charge in [0.2, 0.25) is 5.91 Å². The second-order valence-corrected chi connectivity index (χ2v) is 12.5. The molecule has 0 spiro atoms. The van der Waals surface area contributed by atoms with Crippen LogP contribution in [0.3, 0.4) is 0 Å². The first-order valence-corrected chi connectivity index (χ1v) is 14.5. The Kier molecular flexibility index (Phi) is 8.49. The van der Waals surface area contributed by atoms with Crippen LogP contribution < -0.4 is 10.0 Å². The number of aliphatic hydroxyl groups excluding tert-OH is 1. The van der Waals surface area contributed by atoms with Gasteiger partial charge in [-0.2, -0.15) is 0 Å². The number of likely N-dealkylation sites (tertiary alicyclic amines) is 1. The molecule has 2 atom stereocenters. The summed E-state index contributed by atoms with van der Waals surface area (Å²) in [5.74, 6) is -0.490. The number of pyridine rings is 1. The van der Waals surface area contributed by atoms with E-state index < -0.39 is 34.0 Å². The number of carbonyl (C=O) groups is 2. The molecule has 3 N–H and O–H groups in total. The molecule has 2 amide bonds. The zero-order chi connectivity index (χ0) is 27.5. The number of benzene rings is 1. The lowest BCUT2D eigenvalue weighted by Crippen LogP contribution is -2.46. The van der Waals surface area contributed by atoms with E-state index in [1.54, 1.807) is 18.7 Å². The quantitative estimate of drug-likeness (QED) is 0.466. The molecular formula is C27H35FN4O5S. The van der Waals surface area contributed by atoms with Gasteiger partial charge in [-0.1, -0.05) is 32.1 Å². The standard InChI is InChI=1S/C27H35FN4O5S/c1-27(2,17-33)31-38(36,37)24-13-12-22(15-29-24)30-25(34)23-14-20(18-6-4-3-5-7-18)16-32(23)26(35)19-8-10-21(28)11-9-19/h8-13,15,18,20,23,31,33H,3-7,14,16-17H2,1-2H3,(H,30,34)/t20-,23+/m1/s1. The van der Waals surface area contributed by atoms with Crippen LogP contribution in [0.25, 0.3) is 0 Å². The van der Waals surface area contributed by atoms with Crippen LogP contribution in [-0.2, 0) is 14.8 Å². The zero-order valence-corrected chi connectivity index (χ0v) is 22.5. The van der Waals surface area contributed by atoms with E-state index in [1.165, 1.54) is 49.0 Å². The molecule has 4 rings (SSSR count). The number of hydrogen-bond donors (Lipinski definition) is 3. The van der Waals surface area contributed by atoms with Crippen LogP contribution in [0.1, 0.15) is 62.7 Å². The van der Waals surface area contributed by atoms with Gasteiger partial charge in [0, 0.05) is 12.1 Å². The smallest absolute Gasteiger partial charge is 0.258 e. The van der Waals surface area contributed by atoms with Crippen molar-refractivity contribution < 1.29 is 27.5 Å². The van der Waals surface area contributed by atoms with Crippen molar-refractivity contribution in [3.63, 3.8) is 0 Å². The van der Waals surface area contributed by atoms with E-state index in [-0.39, 0.29) is 22.8 Å². The Morgan fingerprint density at radius 1 is 1.08 bits per heavy atom. The largest absolute Gasteiger partial charge is 0.394 e. The van der Waals surface area contributed by atoms with Gasteiger partial charge in [-0.25, -0.2) is 22.5 Å². The summed E-state index contributed by atoms with van der Waals surface area (Å²) in [6.45, 7) is 3.15. The Labute approximate surface area is 222 Å². The van der Waals surface area contributed by atoms with Gasteiger partial charge in [0.1, 0.15) is 11.9 Å². The topological polar surface area (TPSA) is 129 Å². The van der Waals surface area contributed by atoms with Crippen molar-refractivity contribution in [1.29, 1.82) is 0 Å². The van der Waals surface area contributed by atoms with E-state index in [4.69, 9.17) is 0 Å². The molecule has 0 bridgehead atoms. The minimum atomic E-state index is -3.98. The Bertz CT molecular complexity index is 1250. The Morgan fingerprint density at radius 3 is 2.37 bits per heavy atom. The van der Waals surface area contributed by atoms with Gasteiger partial charge < -0.3 is 15.3 Å². The second-order valence-electron chi connectivity index (χ2n) is 10.9. The predicted molar refractivity (Wildman–Crippen MR) is 140 cm³/mol. The van der Waals surface area contributed by atoms with Crippen LogP contribution in [0.2, 0.25) is 0 Å². The molecule has 11 heteroatoms. The number of nitrogens with one attached hydrogen (secondary N) is 2. The lowest BCUT2D eigenvalue weighted by molar-refractivity contribution is -0.119. The highest BCUT2D eigenvalue weighted by Crippen LogP contribution is 2.38. The number of anilines is 1. The Balaban J connectivity index is 1.50. The van der Waals surface area contributed by atoms with Gasteiger partial charge >= 0.3 is 0 Å². The fourth-order valence-electron chi connectivity index (χ4n) is 5.33. The zero-order valence-electron chi connectivity index (χ0n) is 21.7. The lowest BCUT2D eigenvalue weighted by atomic mass is 9.79. The van der Waals surface area contributed by atoms with Gasteiger partial charge in [0.05, 0.1) is 24.0 Å². The Morgan fingerprint density at radius 2 is 1.76 bits per heavy atom. The summed E-state index contributed by atoms with van der Waals surface area (Å²) in [4.78, 5) is 32.3. The first-order valence-electron chi connectivity index (χ1n) is 13.0. The van der Waals surface area contributed by atoms with Gasteiger partial charge in [-0.05, 0) is 68.5 Å². The molecule has 1 saturated heterocycles. The van der Waals surface area contributed by atoms with Crippen molar-refractivity contribution in [3.8, 4) is 0 Å². The van der Waals surface area contributed by atoms with E-state index in [0.717, 1.165) is 25.7 Å². The van der Waals surface area contributed by atoms with Gasteiger partial charge in [-0.15, -0.1) is 0 Å². The predicted octanol–water partition coefficient (Wildman–Crippen LogP) is 3.32. The van der Waals surface area contributed by atoms with Crippen molar-refractivity contribution in [3.05, 3.63) is 54.0 Å². The number of nitrogens with zero attached hydrogens (tertiary/aromatic N) is 2. The molecule has 2 aromatic rings. The molecule has 1 aromatic heterocycles. The van der Waals surface area contributed by atoms with E-state index in [0.29, 0.717) is 30.1 Å². The number of aliphatic hydroxyl groups is 1. The normalized spacial score (nSPS) is 20.9. The maximum Gasteiger partial charge on any atom is 0.258 e. The second kappa shape index (κ2) is 11.5. The average Bonchev–Trinajstić information content (AvgIpc) is 3.35. The first-order chi connectivity index (χ1) is 18.0. The SMILES string of the molecule is CC(C)(CO)NS(=O)(=O)c1ccc(NC(=O)[C@@H]2C[C@@H](C3CCCCC3)CN2C(=O)c2ccc(F)cc2)cn1. The van der Waals surface area contributed by atoms with Crippen molar-refractivity contribution in [1.82, 2.24) is 14.6 Å². The summed E-state index contributed by atoms with van der Waals surface area (Å²) in [6.07, 6.45) is 7.44. The highest BCUT2D eigenvalue weighted by molar-refractivity contribution is 7.89. The first kappa shape index (κ1) is 28.1. The third-order valence-corrected chi connectivity index (χ3v) is 9.00. The molecule has 1 aromatic carbocycles. The molecule has 2 aliphatic rings. The number of sulfonamides is 1. The third-order valence-electron chi connectivity index (χ3n) is 7.39. The lowest BCUT2D eigenvalue weighted by Gasteiger charge is -2.27. The minimum Gasteiger partial charge on any atom is -0.394 e. The summed E-state index contributed by atoms with van der Waals surface area (Å²) < 4.78 is 41.0. The van der Waals surface area contributed by atoms with E-state index in [9.17, 15) is 27.5 Å². The molecule has 1 aliphatic carbocycles. The molecule has 0 radical (unpaired) electrons. The molecule has 206 valence electrons. The van der Waals surface area contributed by atoms with Crippen molar-refractivity contribution >= 4 is 27.5 Å². The maximum absolute atomic E-state index is 13.4. The van der Waals surface area contributed by atoms with Gasteiger partial charge in [0.15, 0.2) is 5.03 Å². The maximum atomic E-state index is 13.4. The number of aromatic nitrogens is 1. The number of halogens is 1. The van der Waals surface area contributed by atoms with Crippen molar-refractivity contribution in [2.45, 2.75) is 69.0 Å². The number of carbonyl (C=O) groups excluding carboxylic acids is 2. The van der Waals surface area contributed by atoms with Crippen LogP contribution in [0, 0.1) is 17.7 Å². The highest BCUT2D eigenvalue weighted by atomic mass is 32.2. The molecule has 2 heterocycles. The van der Waals surface area contributed by atoms with Crippen LogP contribution in [0.5, 0.6) is 0 Å². The molecule has 0 unspecified atom stereocenters. The van der Waals surface area contributed by atoms with Crippen LogP contribution in [0.15, 0.2) is 47.6 Å². The van der Waals surface area contributed by atoms with Crippen molar-refractivity contribution in [2.75, 3.05) is 18.5 Å². The van der Waals surface area contributed by atoms with Crippen LogP contribution in [0.4, 0.5) is 10.1 Å². The number of amides is 2. The summed E-state index contributed by atoms with van der Waals surface area (Å²) >= 11 is 0. The summed E-state index contributed by atoms with van der Waals surface area (Å²) in [5, 5.41) is 11.9. The Hall–Kier alpha value is -2.89. The van der Waals surface area contributed by atoms with Crippen LogP contribution >= 0.6 is 0 Å². The number of rotatable bonds is 8. The molecule has 9 nitrogen and oxygen atoms in total. The monoisotopic (exact) mass is 546 g/mol. The number of hydrogen-bond acceptors (Lipinski definition) is 6. The molecule has 1 saturated carbocycles. The average molecular weight is 547 g/mol. The fourth-order valence-corrected chi connectivity index (χ4v) is 6.67. The molecule has 2 fully saturated rings. The molecule has 38 heavy (non-hydrogen) atoms. The van der Waals surface area contributed by atoms with E-state index >= 15 is 0 Å². The third kappa shape index (κ3) is 6.57. The summed E-state index contributed by atoms with van der Waals surface area (Å²) in [5.41, 5.74) is -0.445. The molecule has 1 aliphatic heterocycles. The van der Waals surface area contributed by atoms with E-state index in [1.807, 2.05) is 0 Å². The molecular weight excluding hydrogens is 511 g/mol. The van der Waals surface area contributed by atoms with Crippen LogP contribution in [-0.4, -0.2) is 60.0 Å².